The highest BCUT2D eigenvalue weighted by molar-refractivity contribution is 9.11. The second-order valence-electron chi connectivity index (χ2n) is 6.08. The van der Waals surface area contributed by atoms with Crippen LogP contribution in [-0.2, 0) is 19.6 Å². The van der Waals surface area contributed by atoms with E-state index in [1.165, 1.54) is 34.0 Å². The molecule has 3 heterocycles. The molecule has 154 valence electrons. The Kier molecular flexibility index (Phi) is 6.90. The van der Waals surface area contributed by atoms with Crippen molar-refractivity contribution >= 4 is 59.7 Å². The molecule has 1 N–H and O–H groups in total. The summed E-state index contributed by atoms with van der Waals surface area (Å²) < 4.78 is 34.2. The van der Waals surface area contributed by atoms with Gasteiger partial charge in [-0.3, -0.25) is 4.79 Å². The van der Waals surface area contributed by atoms with Gasteiger partial charge in [-0.1, -0.05) is 11.3 Å². The maximum atomic E-state index is 13.3. The quantitative estimate of drug-likeness (QED) is 0.644. The highest BCUT2D eigenvalue weighted by Crippen LogP contribution is 2.43. The van der Waals surface area contributed by atoms with Crippen LogP contribution >= 0.6 is 38.6 Å². The van der Waals surface area contributed by atoms with E-state index in [9.17, 15) is 13.2 Å². The third kappa shape index (κ3) is 4.48. The van der Waals surface area contributed by atoms with Gasteiger partial charge >= 0.3 is 0 Å². The van der Waals surface area contributed by atoms with E-state index in [0.29, 0.717) is 41.8 Å². The van der Waals surface area contributed by atoms with Gasteiger partial charge in [0.05, 0.1) is 27.6 Å². The van der Waals surface area contributed by atoms with Crippen LogP contribution in [-0.4, -0.2) is 61.6 Å². The third-order valence-corrected chi connectivity index (χ3v) is 9.38. The second-order valence-corrected chi connectivity index (χ2v) is 11.5. The Balaban J connectivity index is 1.94. The first-order chi connectivity index (χ1) is 13.2. The fourth-order valence-electron chi connectivity index (χ4n) is 2.88. The molecule has 12 heteroatoms. The van der Waals surface area contributed by atoms with Crippen molar-refractivity contribution in [3.05, 3.63) is 15.5 Å². The summed E-state index contributed by atoms with van der Waals surface area (Å²) >= 11 is 6.00. The molecule has 2 aromatic heterocycles. The fourth-order valence-corrected chi connectivity index (χ4v) is 8.11. The number of halogens is 1. The lowest BCUT2D eigenvalue weighted by molar-refractivity contribution is -0.114. The number of ether oxygens (including phenoxy) is 1. The molecule has 0 aromatic carbocycles. The van der Waals surface area contributed by atoms with Gasteiger partial charge in [0.25, 0.3) is 10.0 Å². The monoisotopic (exact) mass is 508 g/mol. The number of carbonyl (C=O) groups is 1. The normalized spacial score (nSPS) is 15.9. The maximum Gasteiger partial charge on any atom is 0.265 e. The molecular weight excluding hydrogens is 488 g/mol. The van der Waals surface area contributed by atoms with E-state index in [4.69, 9.17) is 4.74 Å². The summed E-state index contributed by atoms with van der Waals surface area (Å²) in [5, 5.41) is 4.98. The molecular formula is C16H21BrN4O4S3. The summed E-state index contributed by atoms with van der Waals surface area (Å²) in [5.74, 6) is -0.197. The number of morpholine rings is 1. The molecule has 0 aliphatic carbocycles. The van der Waals surface area contributed by atoms with Crippen LogP contribution in [0.3, 0.4) is 0 Å². The number of aryl methyl sites for hydroxylation is 1. The zero-order valence-corrected chi connectivity index (χ0v) is 19.7. The van der Waals surface area contributed by atoms with Gasteiger partial charge in [0, 0.05) is 32.1 Å². The molecule has 1 aliphatic heterocycles. The first kappa shape index (κ1) is 21.8. The molecule has 0 bridgehead atoms. The number of aromatic nitrogens is 1. The van der Waals surface area contributed by atoms with Gasteiger partial charge < -0.3 is 10.1 Å². The number of rotatable bonds is 6. The Morgan fingerprint density at radius 2 is 2.07 bits per heavy atom. The van der Waals surface area contributed by atoms with Gasteiger partial charge in [-0.15, -0.1) is 15.8 Å². The summed E-state index contributed by atoms with van der Waals surface area (Å²) in [7, 11) is -3.68. The standard InChI is InChI=1S/C16H21BrN4O4S3/c1-4-21(20-5-7-25-8-6-20)28(23,24)13-9-12(15(17)26-13)14-10(2)18-16(27-14)19-11(3)22/h9H,4-8H2,1-3H3,(H,18,19,22). The zero-order valence-electron chi connectivity index (χ0n) is 15.7. The number of anilines is 1. The average molecular weight is 509 g/mol. The van der Waals surface area contributed by atoms with Crippen LogP contribution in [0.1, 0.15) is 19.5 Å². The van der Waals surface area contributed by atoms with Crippen LogP contribution in [0.15, 0.2) is 14.1 Å². The van der Waals surface area contributed by atoms with Crippen molar-refractivity contribution in [2.24, 2.45) is 0 Å². The lowest BCUT2D eigenvalue weighted by Crippen LogP contribution is -2.51. The third-order valence-electron chi connectivity index (χ3n) is 4.09. The average Bonchev–Trinajstić information content (AvgIpc) is 3.18. The number of carbonyl (C=O) groups excluding carboxylic acids is 1. The van der Waals surface area contributed by atoms with Gasteiger partial charge in [-0.2, -0.15) is 0 Å². The summed E-state index contributed by atoms with van der Waals surface area (Å²) in [4.78, 5) is 16.5. The van der Waals surface area contributed by atoms with E-state index in [0.717, 1.165) is 16.1 Å². The summed E-state index contributed by atoms with van der Waals surface area (Å²) in [6, 6.07) is 1.67. The Morgan fingerprint density at radius 3 is 2.68 bits per heavy atom. The molecule has 8 nitrogen and oxygen atoms in total. The van der Waals surface area contributed by atoms with Gasteiger partial charge in [-0.25, -0.2) is 18.4 Å². The first-order valence-electron chi connectivity index (χ1n) is 8.64. The summed E-state index contributed by atoms with van der Waals surface area (Å²) in [6.45, 7) is 7.53. The van der Waals surface area contributed by atoms with Crippen molar-refractivity contribution in [2.75, 3.05) is 38.2 Å². The Bertz CT molecular complexity index is 967. The number of sulfonamides is 1. The van der Waals surface area contributed by atoms with Gasteiger partial charge in [-0.05, 0) is 35.8 Å². The van der Waals surface area contributed by atoms with E-state index in [-0.39, 0.29) is 10.1 Å². The minimum absolute atomic E-state index is 0.197. The number of amides is 1. The van der Waals surface area contributed by atoms with Crippen molar-refractivity contribution in [3.63, 3.8) is 0 Å². The van der Waals surface area contributed by atoms with Crippen LogP contribution in [0.2, 0.25) is 0 Å². The van der Waals surface area contributed by atoms with Gasteiger partial charge in [0.2, 0.25) is 5.91 Å². The number of hydrazine groups is 1. The molecule has 0 atom stereocenters. The van der Waals surface area contributed by atoms with E-state index in [2.05, 4.69) is 26.2 Å². The SMILES string of the molecule is CCN(N1CCOCC1)S(=O)(=O)c1cc(-c2sc(NC(C)=O)nc2C)c(Br)s1. The molecule has 1 fully saturated rings. The van der Waals surface area contributed by atoms with Crippen LogP contribution in [0, 0.1) is 6.92 Å². The van der Waals surface area contributed by atoms with Crippen LogP contribution in [0.25, 0.3) is 10.4 Å². The number of nitrogens with one attached hydrogen (secondary N) is 1. The topological polar surface area (TPSA) is 91.8 Å². The maximum absolute atomic E-state index is 13.3. The van der Waals surface area contributed by atoms with Gasteiger partial charge in [0.15, 0.2) is 5.13 Å². The van der Waals surface area contributed by atoms with E-state index < -0.39 is 10.0 Å². The van der Waals surface area contributed by atoms with E-state index >= 15 is 0 Å². The van der Waals surface area contributed by atoms with Crippen molar-refractivity contribution in [2.45, 2.75) is 25.0 Å². The Morgan fingerprint density at radius 1 is 1.39 bits per heavy atom. The van der Waals surface area contributed by atoms with Crippen LogP contribution < -0.4 is 5.32 Å². The molecule has 1 amide bonds. The van der Waals surface area contributed by atoms with E-state index in [1.54, 1.807) is 6.07 Å². The van der Waals surface area contributed by atoms with Crippen molar-refractivity contribution < 1.29 is 17.9 Å². The van der Waals surface area contributed by atoms with Gasteiger partial charge in [0.1, 0.15) is 4.21 Å². The molecule has 1 saturated heterocycles. The molecule has 3 rings (SSSR count). The Labute approximate surface area is 180 Å². The highest BCUT2D eigenvalue weighted by atomic mass is 79.9. The number of thiophene rings is 1. The van der Waals surface area contributed by atoms with Crippen LogP contribution in [0.5, 0.6) is 0 Å². The molecule has 0 saturated carbocycles. The lowest BCUT2D eigenvalue weighted by Gasteiger charge is -2.35. The minimum Gasteiger partial charge on any atom is -0.379 e. The minimum atomic E-state index is -3.68. The molecule has 2 aromatic rings. The second kappa shape index (κ2) is 8.86. The molecule has 28 heavy (non-hydrogen) atoms. The zero-order chi connectivity index (χ0) is 20.5. The smallest absolute Gasteiger partial charge is 0.265 e. The highest BCUT2D eigenvalue weighted by Gasteiger charge is 2.32. The predicted octanol–water partition coefficient (Wildman–Crippen LogP) is 3.16. The first-order valence-corrected chi connectivity index (χ1v) is 12.5. The van der Waals surface area contributed by atoms with Crippen molar-refractivity contribution in [1.29, 1.82) is 0 Å². The largest absolute Gasteiger partial charge is 0.379 e. The molecule has 0 spiro atoms. The van der Waals surface area contributed by atoms with Crippen molar-refractivity contribution in [1.82, 2.24) is 14.4 Å². The summed E-state index contributed by atoms with van der Waals surface area (Å²) in [5.41, 5.74) is 1.49. The fraction of sp³-hybridized carbons (Fsp3) is 0.500. The number of hydrogen-bond donors (Lipinski definition) is 1. The Hall–Kier alpha value is -0.890. The molecule has 0 unspecified atom stereocenters. The van der Waals surface area contributed by atoms with E-state index in [1.807, 2.05) is 18.9 Å². The molecule has 0 radical (unpaired) electrons. The number of nitrogens with zero attached hydrogens (tertiary/aromatic N) is 3. The summed E-state index contributed by atoms with van der Waals surface area (Å²) in [6.07, 6.45) is 0. The van der Waals surface area contributed by atoms with Crippen LogP contribution in [0.4, 0.5) is 5.13 Å². The lowest BCUT2D eigenvalue weighted by atomic mass is 10.2. The number of hydrogen-bond acceptors (Lipinski definition) is 8. The number of thiazole rings is 1. The predicted molar refractivity (Wildman–Crippen MR) is 114 cm³/mol. The van der Waals surface area contributed by atoms with Crippen molar-refractivity contribution in [3.8, 4) is 10.4 Å². The molecule has 1 aliphatic rings.